The van der Waals surface area contributed by atoms with Crippen molar-refractivity contribution in [2.24, 2.45) is 5.73 Å². The second kappa shape index (κ2) is 8.77. The van der Waals surface area contributed by atoms with E-state index in [2.05, 4.69) is 22.3 Å². The quantitative estimate of drug-likeness (QED) is 0.290. The molecule has 138 valence electrons. The van der Waals surface area contributed by atoms with Gasteiger partial charge in [0.05, 0.1) is 14.8 Å². The highest BCUT2D eigenvalue weighted by atomic mass is 35.5. The Balaban J connectivity index is 0.00000243. The molecule has 9 heteroatoms. The number of nitrogens with two attached hydrogens (primary N) is 1. The molecule has 0 atom stereocenters. The molecule has 0 aliphatic heterocycles. The number of benzene rings is 1. The van der Waals surface area contributed by atoms with E-state index in [1.54, 1.807) is 23.1 Å². The Morgan fingerprint density at radius 2 is 1.96 bits per heavy atom. The molecule has 0 fully saturated rings. The van der Waals surface area contributed by atoms with Crippen molar-refractivity contribution in [2.75, 3.05) is 30.6 Å². The zero-order valence-corrected chi connectivity index (χ0v) is 17.8. The number of nitrogens with one attached hydrogen (secondary N) is 2. The molecule has 2 heterocycles. The number of rotatable bonds is 6. The van der Waals surface area contributed by atoms with Crippen LogP contribution in [0.2, 0.25) is 0 Å². The Hall–Kier alpha value is -1.74. The maximum absolute atomic E-state index is 7.63. The number of nitrogens with zero attached hydrogens (tertiary/aromatic N) is 2. The van der Waals surface area contributed by atoms with E-state index >= 15 is 0 Å². The van der Waals surface area contributed by atoms with E-state index in [9.17, 15) is 0 Å². The molecule has 5 nitrogen and oxygen atoms in total. The summed E-state index contributed by atoms with van der Waals surface area (Å²) < 4.78 is 1.12. The lowest BCUT2D eigenvalue weighted by molar-refractivity contribution is 1.13. The van der Waals surface area contributed by atoms with Gasteiger partial charge in [0, 0.05) is 36.4 Å². The maximum Gasteiger partial charge on any atom is 0.187 e. The molecule has 0 saturated heterocycles. The third kappa shape index (κ3) is 4.50. The minimum absolute atomic E-state index is 0. The van der Waals surface area contributed by atoms with Crippen molar-refractivity contribution in [1.29, 1.82) is 5.41 Å². The first-order valence-corrected chi connectivity index (χ1v) is 10.4. The number of anilines is 3. The van der Waals surface area contributed by atoms with Gasteiger partial charge in [-0.05, 0) is 36.6 Å². The normalized spacial score (nSPS) is 10.3. The first kappa shape index (κ1) is 20.6. The number of hydrogen-bond donors (Lipinski definition) is 3. The maximum atomic E-state index is 7.63. The zero-order valence-electron chi connectivity index (χ0n) is 14.6. The van der Waals surface area contributed by atoms with Gasteiger partial charge in [-0.3, -0.25) is 5.41 Å². The summed E-state index contributed by atoms with van der Waals surface area (Å²) in [6, 6.07) is 10.2. The monoisotopic (exact) mass is 425 g/mol. The van der Waals surface area contributed by atoms with Crippen molar-refractivity contribution in [2.45, 2.75) is 4.21 Å². The Morgan fingerprint density at radius 3 is 2.54 bits per heavy atom. The van der Waals surface area contributed by atoms with Crippen LogP contribution < -0.4 is 16.0 Å². The van der Waals surface area contributed by atoms with E-state index in [-0.39, 0.29) is 18.2 Å². The van der Waals surface area contributed by atoms with Gasteiger partial charge in [0.25, 0.3) is 0 Å². The van der Waals surface area contributed by atoms with Crippen LogP contribution in [-0.2, 0) is 0 Å². The number of hydrogen-bond acceptors (Lipinski definition) is 7. The summed E-state index contributed by atoms with van der Waals surface area (Å²) in [6.45, 7) is 0. The molecule has 2 aromatic heterocycles. The minimum Gasteiger partial charge on any atom is -0.383 e. The second-order valence-corrected chi connectivity index (χ2v) is 8.52. The summed E-state index contributed by atoms with van der Waals surface area (Å²) >= 11 is 4.75. The average Bonchev–Trinajstić information content (AvgIpc) is 3.21. The standard InChI is InChI=1S/C17H19N5S3.ClH/c1-22(2)11-6-4-10(5-7-11)20-17-21-13(9-24-17)12-8-14(15(18)19)25-16(12)23-3;/h4-9H,1-3H3,(H3,18,19)(H,20,21);1H. The molecule has 0 aliphatic rings. The fourth-order valence-corrected chi connectivity index (χ4v) is 4.74. The summed E-state index contributed by atoms with van der Waals surface area (Å²) in [5.41, 5.74) is 9.73. The van der Waals surface area contributed by atoms with Gasteiger partial charge in [-0.15, -0.1) is 46.8 Å². The van der Waals surface area contributed by atoms with Crippen LogP contribution in [0.4, 0.5) is 16.5 Å². The third-order valence-electron chi connectivity index (χ3n) is 3.56. The van der Waals surface area contributed by atoms with Crippen LogP contribution in [0.5, 0.6) is 0 Å². The summed E-state index contributed by atoms with van der Waals surface area (Å²) in [7, 11) is 4.05. The van der Waals surface area contributed by atoms with Gasteiger partial charge in [0.1, 0.15) is 5.84 Å². The molecule has 26 heavy (non-hydrogen) atoms. The van der Waals surface area contributed by atoms with Crippen LogP contribution in [-0.4, -0.2) is 31.2 Å². The second-order valence-electron chi connectivity index (χ2n) is 5.53. The van der Waals surface area contributed by atoms with Crippen LogP contribution in [0.1, 0.15) is 4.88 Å². The number of amidine groups is 1. The molecule has 3 aromatic rings. The fourth-order valence-electron chi connectivity index (χ4n) is 2.26. The van der Waals surface area contributed by atoms with Crippen LogP contribution in [0.3, 0.4) is 0 Å². The zero-order chi connectivity index (χ0) is 18.0. The number of thiazole rings is 1. The van der Waals surface area contributed by atoms with Crippen LogP contribution in [0, 0.1) is 5.41 Å². The van der Waals surface area contributed by atoms with E-state index in [1.165, 1.54) is 11.3 Å². The Bertz CT molecular complexity index is 886. The third-order valence-corrected chi connectivity index (χ3v) is 6.63. The predicted octanol–water partition coefficient (Wildman–Crippen LogP) is 5.11. The van der Waals surface area contributed by atoms with Crippen molar-refractivity contribution < 1.29 is 0 Å². The summed E-state index contributed by atoms with van der Waals surface area (Å²) in [5.74, 6) is 0.0982. The molecule has 3 rings (SSSR count). The van der Waals surface area contributed by atoms with Crippen molar-refractivity contribution in [3.63, 3.8) is 0 Å². The lowest BCUT2D eigenvalue weighted by atomic mass is 10.2. The Labute approximate surface area is 171 Å². The van der Waals surface area contributed by atoms with Crippen molar-refractivity contribution >= 4 is 69.2 Å². The smallest absolute Gasteiger partial charge is 0.187 e. The Kier molecular flexibility index (Phi) is 6.94. The highest BCUT2D eigenvalue weighted by Gasteiger charge is 2.15. The largest absolute Gasteiger partial charge is 0.383 e. The topological polar surface area (TPSA) is 78.0 Å². The molecular formula is C17H20ClN5S3. The van der Waals surface area contributed by atoms with Crippen molar-refractivity contribution in [3.8, 4) is 11.3 Å². The molecule has 0 unspecified atom stereocenters. The molecule has 0 amide bonds. The van der Waals surface area contributed by atoms with E-state index in [4.69, 9.17) is 16.1 Å². The highest BCUT2D eigenvalue weighted by Crippen LogP contribution is 2.39. The number of aromatic nitrogens is 1. The fraction of sp³-hybridized carbons (Fsp3) is 0.176. The molecule has 1 aromatic carbocycles. The number of nitrogen functional groups attached to an aromatic ring is 1. The SMILES string of the molecule is CSc1sc(C(=N)N)cc1-c1csc(Nc2ccc(N(C)C)cc2)n1.Cl. The lowest BCUT2D eigenvalue weighted by Gasteiger charge is -2.12. The highest BCUT2D eigenvalue weighted by molar-refractivity contribution is 8.00. The van der Waals surface area contributed by atoms with Gasteiger partial charge in [0.15, 0.2) is 5.13 Å². The summed E-state index contributed by atoms with van der Waals surface area (Å²) in [4.78, 5) is 7.54. The average molecular weight is 426 g/mol. The van der Waals surface area contributed by atoms with Gasteiger partial charge in [-0.1, -0.05) is 0 Å². The van der Waals surface area contributed by atoms with E-state index in [1.807, 2.05) is 43.9 Å². The van der Waals surface area contributed by atoms with E-state index < -0.39 is 0 Å². The molecule has 0 spiro atoms. The predicted molar refractivity (Wildman–Crippen MR) is 120 cm³/mol. The van der Waals surface area contributed by atoms with Crippen molar-refractivity contribution in [1.82, 2.24) is 4.98 Å². The van der Waals surface area contributed by atoms with E-state index in [0.717, 1.165) is 36.9 Å². The van der Waals surface area contributed by atoms with E-state index in [0.29, 0.717) is 0 Å². The molecule has 0 radical (unpaired) electrons. The minimum atomic E-state index is 0. The van der Waals surface area contributed by atoms with Crippen molar-refractivity contribution in [3.05, 3.63) is 40.6 Å². The first-order valence-electron chi connectivity index (χ1n) is 7.50. The first-order chi connectivity index (χ1) is 12.0. The lowest BCUT2D eigenvalue weighted by Crippen LogP contribution is -2.08. The van der Waals surface area contributed by atoms with Crippen LogP contribution in [0.25, 0.3) is 11.3 Å². The molecule has 4 N–H and O–H groups in total. The Morgan fingerprint density at radius 1 is 1.27 bits per heavy atom. The van der Waals surface area contributed by atoms with Gasteiger partial charge in [-0.2, -0.15) is 0 Å². The summed E-state index contributed by atoms with van der Waals surface area (Å²) in [5, 5.41) is 13.8. The van der Waals surface area contributed by atoms with Gasteiger partial charge in [-0.25, -0.2) is 4.98 Å². The number of thiophene rings is 1. The van der Waals surface area contributed by atoms with Gasteiger partial charge in [0.2, 0.25) is 0 Å². The molecule has 0 aliphatic carbocycles. The number of thioether (sulfide) groups is 1. The molecule has 0 bridgehead atoms. The number of halogens is 1. The van der Waals surface area contributed by atoms with Crippen LogP contribution in [0.15, 0.2) is 39.9 Å². The van der Waals surface area contributed by atoms with Gasteiger partial charge >= 0.3 is 0 Å². The molecule has 0 saturated carbocycles. The van der Waals surface area contributed by atoms with Gasteiger partial charge < -0.3 is 16.0 Å². The van der Waals surface area contributed by atoms with Crippen LogP contribution >= 0.6 is 46.8 Å². The summed E-state index contributed by atoms with van der Waals surface area (Å²) in [6.07, 6.45) is 2.02. The molecular weight excluding hydrogens is 406 g/mol.